The van der Waals surface area contributed by atoms with E-state index in [1.165, 1.54) is 44.4 Å². The van der Waals surface area contributed by atoms with Gasteiger partial charge in [0.05, 0.1) is 12.8 Å². The van der Waals surface area contributed by atoms with E-state index >= 15 is 0 Å². The molecule has 0 atom stereocenters. The van der Waals surface area contributed by atoms with E-state index in [0.717, 1.165) is 6.61 Å². The number of nitrogens with zero attached hydrogens (tertiary/aromatic N) is 1. The third kappa shape index (κ3) is 5.69. The van der Waals surface area contributed by atoms with Crippen LogP contribution in [0.15, 0.2) is 23.3 Å². The molecule has 1 aliphatic carbocycles. The molecule has 0 radical (unpaired) electrons. The lowest BCUT2D eigenvalue weighted by Crippen LogP contribution is -2.24. The van der Waals surface area contributed by atoms with Crippen LogP contribution in [0.4, 0.5) is 4.39 Å². The monoisotopic (exact) mass is 323 g/mol. The Labute approximate surface area is 135 Å². The average molecular weight is 323 g/mol. The van der Waals surface area contributed by atoms with E-state index in [1.807, 2.05) is 0 Å². The first-order valence-corrected chi connectivity index (χ1v) is 8.00. The van der Waals surface area contributed by atoms with Gasteiger partial charge in [0.1, 0.15) is 5.82 Å². The summed E-state index contributed by atoms with van der Waals surface area (Å²) >= 11 is 4.62. The van der Waals surface area contributed by atoms with Gasteiger partial charge in [-0.05, 0) is 42.6 Å². The summed E-state index contributed by atoms with van der Waals surface area (Å²) in [7, 11) is 0. The maximum atomic E-state index is 14.0. The van der Waals surface area contributed by atoms with Gasteiger partial charge in [-0.3, -0.25) is 5.43 Å². The first-order chi connectivity index (χ1) is 10.6. The highest BCUT2D eigenvalue weighted by molar-refractivity contribution is 7.80. The van der Waals surface area contributed by atoms with E-state index in [1.54, 1.807) is 12.1 Å². The number of hydrogen-bond acceptors (Lipinski definition) is 3. The van der Waals surface area contributed by atoms with Crippen LogP contribution in [0.2, 0.25) is 0 Å². The lowest BCUT2D eigenvalue weighted by Gasteiger charge is -2.21. The van der Waals surface area contributed by atoms with E-state index in [4.69, 9.17) is 10.5 Å². The molecule has 4 nitrogen and oxygen atoms in total. The van der Waals surface area contributed by atoms with Crippen molar-refractivity contribution in [2.24, 2.45) is 16.8 Å². The number of nitrogens with one attached hydrogen (secondary N) is 1. The van der Waals surface area contributed by atoms with E-state index in [-0.39, 0.29) is 10.9 Å². The zero-order valence-electron chi connectivity index (χ0n) is 12.6. The second-order valence-electron chi connectivity index (χ2n) is 5.60. The van der Waals surface area contributed by atoms with Gasteiger partial charge >= 0.3 is 0 Å². The van der Waals surface area contributed by atoms with Crippen LogP contribution in [-0.2, 0) is 11.3 Å². The fraction of sp³-hybridized carbons (Fsp3) is 0.500. The molecule has 0 heterocycles. The lowest BCUT2D eigenvalue weighted by molar-refractivity contribution is 0.0723. The minimum Gasteiger partial charge on any atom is -0.376 e. The average Bonchev–Trinajstić information content (AvgIpc) is 2.50. The molecule has 0 aliphatic heterocycles. The number of benzene rings is 1. The molecule has 1 aromatic rings. The van der Waals surface area contributed by atoms with Crippen molar-refractivity contribution in [2.45, 2.75) is 38.7 Å². The quantitative estimate of drug-likeness (QED) is 0.480. The Bertz CT molecular complexity index is 530. The summed E-state index contributed by atoms with van der Waals surface area (Å²) in [5.41, 5.74) is 8.87. The van der Waals surface area contributed by atoms with Gasteiger partial charge in [-0.15, -0.1) is 0 Å². The van der Waals surface area contributed by atoms with Crippen LogP contribution in [0.5, 0.6) is 0 Å². The molecule has 22 heavy (non-hydrogen) atoms. The normalized spacial score (nSPS) is 16.0. The smallest absolute Gasteiger partial charge is 0.184 e. The molecule has 6 heteroatoms. The largest absolute Gasteiger partial charge is 0.376 e. The van der Waals surface area contributed by atoms with Gasteiger partial charge in [0.25, 0.3) is 0 Å². The second kappa shape index (κ2) is 8.80. The molecular weight excluding hydrogens is 301 g/mol. The van der Waals surface area contributed by atoms with Gasteiger partial charge in [-0.1, -0.05) is 31.4 Å². The molecule has 0 amide bonds. The molecule has 0 saturated heterocycles. The van der Waals surface area contributed by atoms with Gasteiger partial charge in [-0.2, -0.15) is 5.10 Å². The molecule has 1 aromatic carbocycles. The first kappa shape index (κ1) is 16.8. The summed E-state index contributed by atoms with van der Waals surface area (Å²) in [6.07, 6.45) is 7.84. The van der Waals surface area contributed by atoms with E-state index in [2.05, 4.69) is 22.7 Å². The Balaban J connectivity index is 1.81. The highest BCUT2D eigenvalue weighted by Gasteiger charge is 2.13. The van der Waals surface area contributed by atoms with Crippen molar-refractivity contribution in [3.8, 4) is 0 Å². The van der Waals surface area contributed by atoms with Gasteiger partial charge < -0.3 is 10.5 Å². The number of nitrogens with two attached hydrogens (primary N) is 1. The topological polar surface area (TPSA) is 59.6 Å². The van der Waals surface area contributed by atoms with Crippen LogP contribution in [0.3, 0.4) is 0 Å². The summed E-state index contributed by atoms with van der Waals surface area (Å²) in [6.45, 7) is 1.03. The van der Waals surface area contributed by atoms with Crippen molar-refractivity contribution >= 4 is 23.5 Å². The Kier molecular flexibility index (Phi) is 6.74. The van der Waals surface area contributed by atoms with Crippen molar-refractivity contribution in [3.63, 3.8) is 0 Å². The summed E-state index contributed by atoms with van der Waals surface area (Å²) in [5, 5.41) is 3.87. The lowest BCUT2D eigenvalue weighted by atomic mass is 9.90. The SMILES string of the molecule is NC(=S)NN=Cc1ccc(COCC2CCCCC2)c(F)c1. The summed E-state index contributed by atoms with van der Waals surface area (Å²) < 4.78 is 19.7. The molecule has 0 unspecified atom stereocenters. The molecule has 120 valence electrons. The number of hydrogen-bond donors (Lipinski definition) is 2. The summed E-state index contributed by atoms with van der Waals surface area (Å²) in [5.74, 6) is 0.345. The van der Waals surface area contributed by atoms with Crippen LogP contribution >= 0.6 is 12.2 Å². The number of rotatable bonds is 6. The predicted molar refractivity (Wildman–Crippen MR) is 90.1 cm³/mol. The third-order valence-electron chi connectivity index (χ3n) is 3.80. The third-order valence-corrected chi connectivity index (χ3v) is 3.89. The zero-order chi connectivity index (χ0) is 15.8. The van der Waals surface area contributed by atoms with Gasteiger partial charge in [0.15, 0.2) is 5.11 Å². The molecule has 0 aromatic heterocycles. The van der Waals surface area contributed by atoms with Crippen molar-refractivity contribution < 1.29 is 9.13 Å². The second-order valence-corrected chi connectivity index (χ2v) is 6.04. The molecule has 1 aliphatic rings. The minimum atomic E-state index is -0.289. The van der Waals surface area contributed by atoms with E-state index in [9.17, 15) is 4.39 Å². The van der Waals surface area contributed by atoms with Gasteiger partial charge in [-0.25, -0.2) is 4.39 Å². The van der Waals surface area contributed by atoms with Crippen LogP contribution in [0.1, 0.15) is 43.2 Å². The molecular formula is C16H22FN3OS. The predicted octanol–water partition coefficient (Wildman–Crippen LogP) is 3.09. The number of hydrazone groups is 1. The van der Waals surface area contributed by atoms with E-state index in [0.29, 0.717) is 23.7 Å². The number of halogens is 1. The number of thiocarbonyl (C=S) groups is 1. The Morgan fingerprint density at radius 1 is 1.41 bits per heavy atom. The Morgan fingerprint density at radius 3 is 2.86 bits per heavy atom. The maximum Gasteiger partial charge on any atom is 0.184 e. The molecule has 1 saturated carbocycles. The van der Waals surface area contributed by atoms with Gasteiger partial charge in [0, 0.05) is 12.2 Å². The zero-order valence-corrected chi connectivity index (χ0v) is 13.4. The molecule has 3 N–H and O–H groups in total. The van der Waals surface area contributed by atoms with Gasteiger partial charge in [0.2, 0.25) is 0 Å². The fourth-order valence-electron chi connectivity index (χ4n) is 2.62. The molecule has 0 spiro atoms. The Hall–Kier alpha value is -1.53. The van der Waals surface area contributed by atoms with E-state index < -0.39 is 0 Å². The molecule has 2 rings (SSSR count). The highest BCUT2D eigenvalue weighted by Crippen LogP contribution is 2.24. The fourth-order valence-corrected chi connectivity index (χ4v) is 2.67. The summed E-state index contributed by atoms with van der Waals surface area (Å²) in [4.78, 5) is 0. The summed E-state index contributed by atoms with van der Waals surface area (Å²) in [6, 6.07) is 4.93. The van der Waals surface area contributed by atoms with Crippen molar-refractivity contribution in [1.29, 1.82) is 0 Å². The van der Waals surface area contributed by atoms with Crippen LogP contribution in [0.25, 0.3) is 0 Å². The maximum absolute atomic E-state index is 14.0. The van der Waals surface area contributed by atoms with Crippen molar-refractivity contribution in [3.05, 3.63) is 35.1 Å². The van der Waals surface area contributed by atoms with Crippen molar-refractivity contribution in [2.75, 3.05) is 6.61 Å². The van der Waals surface area contributed by atoms with Crippen LogP contribution in [0, 0.1) is 11.7 Å². The molecule has 1 fully saturated rings. The molecule has 0 bridgehead atoms. The minimum absolute atomic E-state index is 0.0736. The standard InChI is InChI=1S/C16H22FN3OS/c17-15-8-13(9-19-20-16(18)22)6-7-14(15)11-21-10-12-4-2-1-3-5-12/h6-9,12H,1-5,10-11H2,(H3,18,20,22). The highest BCUT2D eigenvalue weighted by atomic mass is 32.1. The Morgan fingerprint density at radius 2 is 2.18 bits per heavy atom. The first-order valence-electron chi connectivity index (χ1n) is 7.60. The number of ether oxygens (including phenoxy) is 1. The van der Waals surface area contributed by atoms with Crippen LogP contribution in [-0.4, -0.2) is 17.9 Å². The van der Waals surface area contributed by atoms with Crippen LogP contribution < -0.4 is 11.2 Å². The van der Waals surface area contributed by atoms with Crippen molar-refractivity contribution in [1.82, 2.24) is 5.43 Å².